The Balaban J connectivity index is 2.29. The van der Waals surface area contributed by atoms with Gasteiger partial charge in [0.1, 0.15) is 0 Å². The summed E-state index contributed by atoms with van der Waals surface area (Å²) < 4.78 is 0. The molecule has 76 valence electrons. The fourth-order valence-corrected chi connectivity index (χ4v) is 1.82. The number of hydrogen-bond donors (Lipinski definition) is 1. The number of allylic oxidation sites excluding steroid dienone is 1. The third kappa shape index (κ3) is 2.13. The molecule has 0 aromatic heterocycles. The standard InChI is InChI=1S/C12H18N2/c1-12(2)6-3-10-4-7-13-8-5-11(10)9-14-12/h3,6,9,13H,4-5,7-8H2,1-2H3. The van der Waals surface area contributed by atoms with Crippen molar-refractivity contribution < 1.29 is 0 Å². The number of hydrogen-bond acceptors (Lipinski definition) is 2. The van der Waals surface area contributed by atoms with E-state index in [1.807, 2.05) is 0 Å². The molecular formula is C12H18N2. The lowest BCUT2D eigenvalue weighted by atomic mass is 10.0. The Morgan fingerprint density at radius 1 is 1.21 bits per heavy atom. The third-order valence-electron chi connectivity index (χ3n) is 2.80. The molecule has 2 nitrogen and oxygen atoms in total. The van der Waals surface area contributed by atoms with Crippen molar-refractivity contribution in [3.05, 3.63) is 23.3 Å². The van der Waals surface area contributed by atoms with E-state index in [4.69, 9.17) is 0 Å². The molecule has 0 amide bonds. The van der Waals surface area contributed by atoms with E-state index in [-0.39, 0.29) is 5.54 Å². The second-order valence-corrected chi connectivity index (χ2v) is 4.55. The quantitative estimate of drug-likeness (QED) is 0.621. The van der Waals surface area contributed by atoms with Gasteiger partial charge in [0.25, 0.3) is 0 Å². The highest BCUT2D eigenvalue weighted by Gasteiger charge is 2.16. The first-order valence-electron chi connectivity index (χ1n) is 5.35. The van der Waals surface area contributed by atoms with Crippen molar-refractivity contribution in [2.75, 3.05) is 13.1 Å². The van der Waals surface area contributed by atoms with Crippen molar-refractivity contribution >= 4 is 6.21 Å². The van der Waals surface area contributed by atoms with E-state index in [0.29, 0.717) is 0 Å². The van der Waals surface area contributed by atoms with Gasteiger partial charge in [0, 0.05) is 6.21 Å². The molecule has 2 rings (SSSR count). The lowest BCUT2D eigenvalue weighted by Gasteiger charge is -2.12. The first kappa shape index (κ1) is 9.66. The zero-order chi connectivity index (χ0) is 10.0. The summed E-state index contributed by atoms with van der Waals surface area (Å²) in [5.74, 6) is 0. The maximum Gasteiger partial charge on any atom is 0.0734 e. The van der Waals surface area contributed by atoms with Crippen molar-refractivity contribution in [2.45, 2.75) is 32.2 Å². The van der Waals surface area contributed by atoms with E-state index >= 15 is 0 Å². The van der Waals surface area contributed by atoms with E-state index in [9.17, 15) is 0 Å². The third-order valence-corrected chi connectivity index (χ3v) is 2.80. The molecule has 2 aliphatic heterocycles. The minimum absolute atomic E-state index is 0.0281. The van der Waals surface area contributed by atoms with Gasteiger partial charge in [-0.1, -0.05) is 12.2 Å². The Kier molecular flexibility index (Phi) is 2.55. The normalized spacial score (nSPS) is 25.6. The number of nitrogens with zero attached hydrogens (tertiary/aromatic N) is 1. The second-order valence-electron chi connectivity index (χ2n) is 4.55. The Hall–Kier alpha value is -0.890. The van der Waals surface area contributed by atoms with Gasteiger partial charge >= 0.3 is 0 Å². The van der Waals surface area contributed by atoms with Gasteiger partial charge in [-0.25, -0.2) is 0 Å². The van der Waals surface area contributed by atoms with E-state index in [2.05, 4.69) is 42.5 Å². The molecular weight excluding hydrogens is 172 g/mol. The maximum atomic E-state index is 4.58. The molecule has 14 heavy (non-hydrogen) atoms. The average molecular weight is 190 g/mol. The molecule has 2 heteroatoms. The number of aliphatic imine (C=N–C) groups is 1. The van der Waals surface area contributed by atoms with E-state index < -0.39 is 0 Å². The summed E-state index contributed by atoms with van der Waals surface area (Å²) in [6.45, 7) is 6.46. The van der Waals surface area contributed by atoms with E-state index in [1.165, 1.54) is 11.1 Å². The summed E-state index contributed by atoms with van der Waals surface area (Å²) in [5, 5.41) is 3.41. The minimum atomic E-state index is -0.0281. The fourth-order valence-electron chi connectivity index (χ4n) is 1.82. The molecule has 0 fully saturated rings. The molecule has 0 unspecified atom stereocenters. The molecule has 0 aliphatic carbocycles. The summed E-state index contributed by atoms with van der Waals surface area (Å²) in [5.41, 5.74) is 2.85. The van der Waals surface area contributed by atoms with Crippen LogP contribution in [-0.2, 0) is 0 Å². The predicted molar refractivity (Wildman–Crippen MR) is 60.8 cm³/mol. The number of rotatable bonds is 0. The SMILES string of the molecule is CC1(C)C=CC2=C(C=N1)CCNCC2. The largest absolute Gasteiger partial charge is 0.316 e. The highest BCUT2D eigenvalue weighted by atomic mass is 14.9. The molecule has 2 aliphatic rings. The number of nitrogens with one attached hydrogen (secondary N) is 1. The highest BCUT2D eigenvalue weighted by Crippen LogP contribution is 2.22. The van der Waals surface area contributed by atoms with Crippen LogP contribution in [-0.4, -0.2) is 24.8 Å². The summed E-state index contributed by atoms with van der Waals surface area (Å²) in [6.07, 6.45) is 8.78. The van der Waals surface area contributed by atoms with Crippen LogP contribution in [0.4, 0.5) is 0 Å². The predicted octanol–water partition coefficient (Wildman–Crippen LogP) is 2.09. The second kappa shape index (κ2) is 3.70. The Labute approximate surface area is 85.8 Å². The average Bonchev–Trinajstić information content (AvgIpc) is 2.42. The van der Waals surface area contributed by atoms with Crippen LogP contribution in [0.5, 0.6) is 0 Å². The molecule has 0 spiro atoms. The van der Waals surface area contributed by atoms with Gasteiger partial charge < -0.3 is 5.32 Å². The van der Waals surface area contributed by atoms with Crippen molar-refractivity contribution in [1.82, 2.24) is 5.32 Å². The lowest BCUT2D eigenvalue weighted by Crippen LogP contribution is -2.15. The van der Waals surface area contributed by atoms with Crippen molar-refractivity contribution in [3.63, 3.8) is 0 Å². The monoisotopic (exact) mass is 190 g/mol. The van der Waals surface area contributed by atoms with Crippen LogP contribution in [0, 0.1) is 0 Å². The molecule has 0 saturated carbocycles. The van der Waals surface area contributed by atoms with Gasteiger partial charge in [-0.2, -0.15) is 0 Å². The van der Waals surface area contributed by atoms with Crippen molar-refractivity contribution in [2.24, 2.45) is 4.99 Å². The summed E-state index contributed by atoms with van der Waals surface area (Å²) in [6, 6.07) is 0. The van der Waals surface area contributed by atoms with Gasteiger partial charge in [-0.05, 0) is 50.9 Å². The summed E-state index contributed by atoms with van der Waals surface area (Å²) in [4.78, 5) is 4.58. The zero-order valence-electron chi connectivity index (χ0n) is 9.01. The molecule has 0 atom stereocenters. The van der Waals surface area contributed by atoms with Crippen LogP contribution < -0.4 is 5.32 Å². The van der Waals surface area contributed by atoms with E-state index in [1.54, 1.807) is 0 Å². The topological polar surface area (TPSA) is 24.4 Å². The minimum Gasteiger partial charge on any atom is -0.316 e. The zero-order valence-corrected chi connectivity index (χ0v) is 9.01. The van der Waals surface area contributed by atoms with Gasteiger partial charge in [-0.15, -0.1) is 0 Å². The molecule has 1 N–H and O–H groups in total. The Morgan fingerprint density at radius 3 is 2.71 bits per heavy atom. The molecule has 0 bridgehead atoms. The van der Waals surface area contributed by atoms with E-state index in [0.717, 1.165) is 25.9 Å². The lowest BCUT2D eigenvalue weighted by molar-refractivity contribution is 0.659. The van der Waals surface area contributed by atoms with Crippen LogP contribution >= 0.6 is 0 Å². The van der Waals surface area contributed by atoms with Gasteiger partial charge in [0.2, 0.25) is 0 Å². The first-order chi connectivity index (χ1) is 6.67. The molecule has 0 saturated heterocycles. The smallest absolute Gasteiger partial charge is 0.0734 e. The van der Waals surface area contributed by atoms with Crippen molar-refractivity contribution in [3.8, 4) is 0 Å². The summed E-state index contributed by atoms with van der Waals surface area (Å²) >= 11 is 0. The Bertz CT molecular complexity index is 280. The molecule has 0 aromatic carbocycles. The fraction of sp³-hybridized carbons (Fsp3) is 0.583. The van der Waals surface area contributed by atoms with Crippen LogP contribution in [0.1, 0.15) is 26.7 Å². The Morgan fingerprint density at radius 2 is 1.93 bits per heavy atom. The van der Waals surface area contributed by atoms with Gasteiger partial charge in [-0.3, -0.25) is 4.99 Å². The van der Waals surface area contributed by atoms with Crippen LogP contribution in [0.2, 0.25) is 0 Å². The summed E-state index contributed by atoms with van der Waals surface area (Å²) in [7, 11) is 0. The van der Waals surface area contributed by atoms with Crippen molar-refractivity contribution in [1.29, 1.82) is 0 Å². The first-order valence-corrected chi connectivity index (χ1v) is 5.35. The van der Waals surface area contributed by atoms with Gasteiger partial charge in [0.05, 0.1) is 5.54 Å². The van der Waals surface area contributed by atoms with Gasteiger partial charge in [0.15, 0.2) is 0 Å². The van der Waals surface area contributed by atoms with Crippen LogP contribution in [0.3, 0.4) is 0 Å². The van der Waals surface area contributed by atoms with Crippen LogP contribution in [0.25, 0.3) is 0 Å². The molecule has 2 heterocycles. The highest BCUT2D eigenvalue weighted by molar-refractivity contribution is 5.81. The van der Waals surface area contributed by atoms with Crippen LogP contribution in [0.15, 0.2) is 28.3 Å². The molecule has 0 aromatic rings. The molecule has 0 radical (unpaired) electrons. The maximum absolute atomic E-state index is 4.58.